The maximum Gasteiger partial charge on any atom is 0.311 e. The van der Waals surface area contributed by atoms with Crippen LogP contribution in [0.15, 0.2) is 54.6 Å². The van der Waals surface area contributed by atoms with Crippen LogP contribution in [-0.2, 0) is 25.7 Å². The van der Waals surface area contributed by atoms with Gasteiger partial charge in [0.25, 0.3) is 0 Å². The second kappa shape index (κ2) is 8.08. The lowest BCUT2D eigenvalue weighted by Crippen LogP contribution is -2.55. The number of rotatable bonds is 4. The summed E-state index contributed by atoms with van der Waals surface area (Å²) in [5, 5.41) is 9.67. The minimum atomic E-state index is -0.876. The highest BCUT2D eigenvalue weighted by atomic mass is 32.2. The molecule has 2 saturated heterocycles. The number of aliphatic hydroxyl groups excluding tert-OH is 1. The van der Waals surface area contributed by atoms with Gasteiger partial charge in [0, 0.05) is 18.3 Å². The summed E-state index contributed by atoms with van der Waals surface area (Å²) in [4.78, 5) is 43.8. The summed E-state index contributed by atoms with van der Waals surface area (Å²) in [5.41, 5.74) is 1.00. The summed E-state index contributed by atoms with van der Waals surface area (Å²) in [5.74, 6) is -2.17. The quantitative estimate of drug-likeness (QED) is 0.546. The first-order valence-electron chi connectivity index (χ1n) is 10.9. The number of carbonyl (C=O) groups excluding carboxylic acids is 3. The van der Waals surface area contributed by atoms with Crippen LogP contribution in [0.25, 0.3) is 0 Å². The first-order chi connectivity index (χ1) is 15.5. The molecule has 0 radical (unpaired) electrons. The van der Waals surface area contributed by atoms with E-state index in [4.69, 9.17) is 4.74 Å². The van der Waals surface area contributed by atoms with Crippen LogP contribution in [0.5, 0.6) is 0 Å². The topological polar surface area (TPSA) is 87.2 Å². The van der Waals surface area contributed by atoms with Gasteiger partial charge in [0.15, 0.2) is 0 Å². The summed E-state index contributed by atoms with van der Waals surface area (Å²) in [6.07, 6.45) is 7.66. The SMILES string of the molecule is C[C@H](CO)N1C(=O)[C@@H]2[C@@H]3C(=O)OCC=C[C@@H]3S[C@@]23C=CCN(Cc2ccccc2)C(=O)C13. The van der Waals surface area contributed by atoms with Gasteiger partial charge < -0.3 is 19.6 Å². The zero-order chi connectivity index (χ0) is 22.5. The molecule has 1 spiro atoms. The second-order valence-corrected chi connectivity index (χ2v) is 10.3. The lowest BCUT2D eigenvalue weighted by Gasteiger charge is -2.37. The molecule has 4 heterocycles. The molecule has 168 valence electrons. The van der Waals surface area contributed by atoms with Crippen LogP contribution in [0.2, 0.25) is 0 Å². The number of aliphatic hydroxyl groups is 1. The summed E-state index contributed by atoms with van der Waals surface area (Å²) < 4.78 is 4.48. The van der Waals surface area contributed by atoms with Crippen molar-refractivity contribution in [3.63, 3.8) is 0 Å². The van der Waals surface area contributed by atoms with Gasteiger partial charge in [-0.15, -0.1) is 11.8 Å². The Morgan fingerprint density at radius 2 is 1.97 bits per heavy atom. The number of amides is 2. The Balaban J connectivity index is 1.58. The van der Waals surface area contributed by atoms with E-state index in [0.717, 1.165) is 5.56 Å². The molecule has 5 rings (SSSR count). The van der Waals surface area contributed by atoms with Crippen LogP contribution in [0.4, 0.5) is 0 Å². The standard InChI is InChI=1S/C24H26N2O5S/c1-15(14-27)26-20-22(29)25(13-16-7-3-2-4-8-16)11-6-10-24(20)19(21(26)28)18-17(32-24)9-5-12-31-23(18)30/h2-10,15,17-20,27H,11-14H2,1H3/t15-,17+,18-,19+,20?,24+/m1/s1. The number of likely N-dealkylation sites (tertiary alicyclic amines) is 1. The van der Waals surface area contributed by atoms with E-state index in [-0.39, 0.29) is 30.3 Å². The van der Waals surface area contributed by atoms with Gasteiger partial charge in [-0.05, 0) is 12.5 Å². The number of esters is 1. The number of benzene rings is 1. The average molecular weight is 455 g/mol. The van der Waals surface area contributed by atoms with E-state index in [2.05, 4.69) is 0 Å². The molecule has 1 N–H and O–H groups in total. The first-order valence-corrected chi connectivity index (χ1v) is 11.8. The molecule has 2 fully saturated rings. The molecule has 1 aromatic carbocycles. The van der Waals surface area contributed by atoms with Gasteiger partial charge in [-0.3, -0.25) is 14.4 Å². The normalized spacial score (nSPS) is 34.5. The molecule has 1 aromatic rings. The Labute approximate surface area is 191 Å². The maximum absolute atomic E-state index is 14.0. The monoisotopic (exact) mass is 454 g/mol. The molecule has 2 amide bonds. The fourth-order valence-electron chi connectivity index (χ4n) is 5.46. The van der Waals surface area contributed by atoms with E-state index in [1.807, 2.05) is 54.6 Å². The van der Waals surface area contributed by atoms with Gasteiger partial charge in [-0.2, -0.15) is 0 Å². The lowest BCUT2D eigenvalue weighted by atomic mass is 9.78. The molecule has 32 heavy (non-hydrogen) atoms. The zero-order valence-corrected chi connectivity index (χ0v) is 18.6. The van der Waals surface area contributed by atoms with Crippen molar-refractivity contribution < 1.29 is 24.2 Å². The average Bonchev–Trinajstić information content (AvgIpc) is 3.11. The lowest BCUT2D eigenvalue weighted by molar-refractivity contribution is -0.152. The zero-order valence-electron chi connectivity index (χ0n) is 17.8. The number of hydrogen-bond acceptors (Lipinski definition) is 6. The van der Waals surface area contributed by atoms with Crippen LogP contribution in [0, 0.1) is 11.8 Å². The highest BCUT2D eigenvalue weighted by molar-refractivity contribution is 8.02. The Morgan fingerprint density at radius 1 is 1.19 bits per heavy atom. The van der Waals surface area contributed by atoms with Crippen molar-refractivity contribution in [2.75, 3.05) is 19.8 Å². The molecule has 0 aliphatic carbocycles. The number of nitrogens with zero attached hydrogens (tertiary/aromatic N) is 2. The number of fused-ring (bicyclic) bond motifs is 2. The molecule has 0 aromatic heterocycles. The molecule has 0 bridgehead atoms. The molecule has 0 saturated carbocycles. The van der Waals surface area contributed by atoms with Crippen molar-refractivity contribution in [1.29, 1.82) is 0 Å². The van der Waals surface area contributed by atoms with Gasteiger partial charge in [-0.1, -0.05) is 54.6 Å². The largest absolute Gasteiger partial charge is 0.461 e. The van der Waals surface area contributed by atoms with E-state index in [9.17, 15) is 19.5 Å². The fraction of sp³-hybridized carbons (Fsp3) is 0.458. The fourth-order valence-corrected chi connectivity index (χ4v) is 7.45. The minimum Gasteiger partial charge on any atom is -0.461 e. The van der Waals surface area contributed by atoms with Gasteiger partial charge in [0.05, 0.1) is 29.2 Å². The first kappa shape index (κ1) is 21.3. The third kappa shape index (κ3) is 3.11. The smallest absolute Gasteiger partial charge is 0.311 e. The van der Waals surface area contributed by atoms with Crippen LogP contribution in [-0.4, -0.2) is 74.5 Å². The van der Waals surface area contributed by atoms with Crippen molar-refractivity contribution in [3.8, 4) is 0 Å². The molecular weight excluding hydrogens is 428 g/mol. The van der Waals surface area contributed by atoms with Crippen molar-refractivity contribution in [2.24, 2.45) is 11.8 Å². The number of cyclic esters (lactones) is 1. The van der Waals surface area contributed by atoms with Gasteiger partial charge in [0.1, 0.15) is 12.6 Å². The molecule has 4 aliphatic heterocycles. The summed E-state index contributed by atoms with van der Waals surface area (Å²) in [6.45, 7) is 2.52. The maximum atomic E-state index is 14.0. The third-order valence-corrected chi connectivity index (χ3v) is 8.63. The van der Waals surface area contributed by atoms with Gasteiger partial charge >= 0.3 is 5.97 Å². The predicted octanol–water partition coefficient (Wildman–Crippen LogP) is 1.38. The minimum absolute atomic E-state index is 0.156. The summed E-state index contributed by atoms with van der Waals surface area (Å²) in [7, 11) is 0. The van der Waals surface area contributed by atoms with Crippen molar-refractivity contribution in [1.82, 2.24) is 9.80 Å². The van der Waals surface area contributed by atoms with Crippen LogP contribution >= 0.6 is 11.8 Å². The Hall–Kier alpha value is -2.58. The van der Waals surface area contributed by atoms with E-state index < -0.39 is 34.6 Å². The van der Waals surface area contributed by atoms with Crippen molar-refractivity contribution >= 4 is 29.5 Å². The highest BCUT2D eigenvalue weighted by Gasteiger charge is 2.71. The number of hydrogen-bond donors (Lipinski definition) is 1. The third-order valence-electron chi connectivity index (χ3n) is 6.89. The van der Waals surface area contributed by atoms with E-state index >= 15 is 0 Å². The van der Waals surface area contributed by atoms with Crippen molar-refractivity contribution in [2.45, 2.75) is 35.5 Å². The van der Waals surface area contributed by atoms with Gasteiger partial charge in [-0.25, -0.2) is 0 Å². The Morgan fingerprint density at radius 3 is 2.72 bits per heavy atom. The van der Waals surface area contributed by atoms with Crippen LogP contribution in [0.1, 0.15) is 12.5 Å². The predicted molar refractivity (Wildman–Crippen MR) is 119 cm³/mol. The number of carbonyl (C=O) groups is 3. The molecule has 7 nitrogen and oxygen atoms in total. The van der Waals surface area contributed by atoms with Crippen LogP contribution < -0.4 is 0 Å². The number of ether oxygens (including phenoxy) is 1. The highest BCUT2D eigenvalue weighted by Crippen LogP contribution is 2.61. The molecule has 8 heteroatoms. The second-order valence-electron chi connectivity index (χ2n) is 8.78. The summed E-state index contributed by atoms with van der Waals surface area (Å²) >= 11 is 1.51. The molecule has 4 aliphatic rings. The van der Waals surface area contributed by atoms with E-state index in [1.165, 1.54) is 16.7 Å². The Bertz CT molecular complexity index is 995. The van der Waals surface area contributed by atoms with E-state index in [1.54, 1.807) is 11.8 Å². The van der Waals surface area contributed by atoms with Crippen molar-refractivity contribution in [3.05, 3.63) is 60.2 Å². The molecule has 1 unspecified atom stereocenters. The Kier molecular flexibility index (Phi) is 5.37. The number of thioether (sulfide) groups is 1. The van der Waals surface area contributed by atoms with Crippen LogP contribution in [0.3, 0.4) is 0 Å². The molecule has 6 atom stereocenters. The molecular formula is C24H26N2O5S. The summed E-state index contributed by atoms with van der Waals surface area (Å²) in [6, 6.07) is 8.41. The van der Waals surface area contributed by atoms with E-state index in [0.29, 0.717) is 13.1 Å². The van der Waals surface area contributed by atoms with Gasteiger partial charge in [0.2, 0.25) is 11.8 Å².